The van der Waals surface area contributed by atoms with Crippen LogP contribution in [0.5, 0.6) is 0 Å². The zero-order valence-corrected chi connectivity index (χ0v) is 18.4. The maximum atomic E-state index is 11.5. The first-order chi connectivity index (χ1) is 14.5. The van der Waals surface area contributed by atoms with Gasteiger partial charge >= 0.3 is 0 Å². The molecule has 1 aromatic heterocycles. The van der Waals surface area contributed by atoms with Gasteiger partial charge in [-0.3, -0.25) is 4.99 Å². The van der Waals surface area contributed by atoms with Gasteiger partial charge in [0.05, 0.1) is 4.90 Å². The van der Waals surface area contributed by atoms with Crippen LogP contribution in [0.15, 0.2) is 64.6 Å². The maximum Gasteiger partial charge on any atom is 0.191 e. The van der Waals surface area contributed by atoms with Crippen LogP contribution in [0.1, 0.15) is 24.5 Å². The van der Waals surface area contributed by atoms with Crippen molar-refractivity contribution in [1.29, 1.82) is 0 Å². The van der Waals surface area contributed by atoms with Crippen LogP contribution in [0, 0.1) is 0 Å². The second-order valence-electron chi connectivity index (χ2n) is 7.32. The van der Waals surface area contributed by atoms with Gasteiger partial charge in [-0.2, -0.15) is 0 Å². The molecule has 0 aliphatic heterocycles. The number of aryl methyl sites for hydroxylation is 1. The predicted molar refractivity (Wildman–Crippen MR) is 124 cm³/mol. The van der Waals surface area contributed by atoms with Crippen molar-refractivity contribution in [1.82, 2.24) is 15.6 Å². The van der Waals surface area contributed by atoms with Gasteiger partial charge in [0.2, 0.25) is 0 Å². The third-order valence-corrected chi connectivity index (χ3v) is 6.08. The number of benzene rings is 2. The molecule has 7 heteroatoms. The smallest absolute Gasteiger partial charge is 0.191 e. The lowest BCUT2D eigenvalue weighted by molar-refractivity contribution is 0.602. The number of sulfone groups is 1. The van der Waals surface area contributed by atoms with E-state index in [0.717, 1.165) is 50.4 Å². The summed E-state index contributed by atoms with van der Waals surface area (Å²) in [7, 11) is -3.15. The van der Waals surface area contributed by atoms with Crippen molar-refractivity contribution in [2.45, 2.75) is 31.1 Å². The molecule has 0 bridgehead atoms. The van der Waals surface area contributed by atoms with E-state index in [9.17, 15) is 8.42 Å². The maximum absolute atomic E-state index is 11.5. The third-order valence-electron chi connectivity index (χ3n) is 4.95. The van der Waals surface area contributed by atoms with Crippen LogP contribution in [0.2, 0.25) is 0 Å². The standard InChI is InChI=1S/C23H30N4O2S/c1-3-24-23(26-16-14-18-10-12-20(13-11-18)30(2,28)29)25-15-6-7-19-17-27-22-9-5-4-8-21(19)22/h4-5,8-13,17,27H,3,6-7,14-16H2,1-2H3,(H2,24,25,26). The Kier molecular flexibility index (Phi) is 7.52. The number of nitrogens with zero attached hydrogens (tertiary/aromatic N) is 1. The molecular weight excluding hydrogens is 396 g/mol. The highest BCUT2D eigenvalue weighted by Crippen LogP contribution is 2.18. The van der Waals surface area contributed by atoms with Crippen molar-refractivity contribution in [3.63, 3.8) is 0 Å². The summed E-state index contributed by atoms with van der Waals surface area (Å²) in [4.78, 5) is 8.35. The minimum atomic E-state index is -3.15. The van der Waals surface area contributed by atoms with Crippen molar-refractivity contribution in [3.05, 3.63) is 65.9 Å². The van der Waals surface area contributed by atoms with Crippen molar-refractivity contribution in [2.75, 3.05) is 25.9 Å². The zero-order chi connectivity index (χ0) is 21.4. The highest BCUT2D eigenvalue weighted by Gasteiger charge is 2.06. The van der Waals surface area contributed by atoms with Gasteiger partial charge in [0, 0.05) is 43.0 Å². The molecular formula is C23H30N4O2S. The molecule has 0 fully saturated rings. The molecule has 160 valence electrons. The zero-order valence-electron chi connectivity index (χ0n) is 17.6. The van der Waals surface area contributed by atoms with Crippen LogP contribution in [0.4, 0.5) is 0 Å². The van der Waals surface area contributed by atoms with Crippen LogP contribution in [0.3, 0.4) is 0 Å². The van der Waals surface area contributed by atoms with E-state index in [0.29, 0.717) is 4.90 Å². The third kappa shape index (κ3) is 6.10. The number of aliphatic imine (C=N–C) groups is 1. The molecule has 0 aliphatic carbocycles. The van der Waals surface area contributed by atoms with Gasteiger partial charge in [0.1, 0.15) is 0 Å². The van der Waals surface area contributed by atoms with Gasteiger partial charge in [-0.15, -0.1) is 0 Å². The molecule has 6 nitrogen and oxygen atoms in total. The number of hydrogen-bond donors (Lipinski definition) is 3. The lowest BCUT2D eigenvalue weighted by Crippen LogP contribution is -2.38. The van der Waals surface area contributed by atoms with E-state index in [1.165, 1.54) is 22.7 Å². The van der Waals surface area contributed by atoms with E-state index in [1.807, 2.05) is 25.1 Å². The molecule has 0 atom stereocenters. The molecule has 0 amide bonds. The summed E-state index contributed by atoms with van der Waals surface area (Å²) in [6, 6.07) is 15.4. The summed E-state index contributed by atoms with van der Waals surface area (Å²) < 4.78 is 23.1. The number of guanidine groups is 1. The van der Waals surface area contributed by atoms with Gasteiger partial charge in [-0.25, -0.2) is 8.42 Å². The topological polar surface area (TPSA) is 86.3 Å². The summed E-state index contributed by atoms with van der Waals surface area (Å²) in [5.41, 5.74) is 3.59. The number of hydrogen-bond acceptors (Lipinski definition) is 3. The first-order valence-corrected chi connectivity index (χ1v) is 12.2. The van der Waals surface area contributed by atoms with E-state index in [4.69, 9.17) is 0 Å². The normalized spacial score (nSPS) is 12.3. The Morgan fingerprint density at radius 2 is 1.80 bits per heavy atom. The van der Waals surface area contributed by atoms with Crippen molar-refractivity contribution in [2.24, 2.45) is 4.99 Å². The Morgan fingerprint density at radius 3 is 2.53 bits per heavy atom. The molecule has 0 spiro atoms. The molecule has 3 aromatic rings. The van der Waals surface area contributed by atoms with Crippen LogP contribution >= 0.6 is 0 Å². The largest absolute Gasteiger partial charge is 0.361 e. The molecule has 2 aromatic carbocycles. The van der Waals surface area contributed by atoms with Crippen LogP contribution in [0.25, 0.3) is 10.9 Å². The first kappa shape index (κ1) is 21.9. The molecule has 3 N–H and O–H groups in total. The lowest BCUT2D eigenvalue weighted by Gasteiger charge is -2.11. The highest BCUT2D eigenvalue weighted by molar-refractivity contribution is 7.90. The minimum Gasteiger partial charge on any atom is -0.361 e. The highest BCUT2D eigenvalue weighted by atomic mass is 32.2. The van der Waals surface area contributed by atoms with E-state index >= 15 is 0 Å². The van der Waals surface area contributed by atoms with Crippen LogP contribution < -0.4 is 10.6 Å². The molecule has 3 rings (SSSR count). The second kappa shape index (κ2) is 10.3. The van der Waals surface area contributed by atoms with E-state index in [2.05, 4.69) is 45.0 Å². The molecule has 0 unspecified atom stereocenters. The lowest BCUT2D eigenvalue weighted by atomic mass is 10.1. The molecule has 0 aliphatic rings. The van der Waals surface area contributed by atoms with Gasteiger partial charge in [-0.1, -0.05) is 30.3 Å². The fourth-order valence-corrected chi connectivity index (χ4v) is 4.00. The summed E-state index contributed by atoms with van der Waals surface area (Å²) in [6.45, 7) is 4.33. The first-order valence-electron chi connectivity index (χ1n) is 10.3. The van der Waals surface area contributed by atoms with Gasteiger partial charge in [-0.05, 0) is 55.5 Å². The Labute approximate surface area is 178 Å². The molecule has 0 saturated carbocycles. The van der Waals surface area contributed by atoms with Gasteiger partial charge < -0.3 is 15.6 Å². The summed E-state index contributed by atoms with van der Waals surface area (Å²) in [5.74, 6) is 0.809. The number of aromatic amines is 1. The number of para-hydroxylation sites is 1. The van der Waals surface area contributed by atoms with Gasteiger partial charge in [0.25, 0.3) is 0 Å². The Bertz CT molecular complexity index is 1090. The molecule has 0 saturated heterocycles. The van der Waals surface area contributed by atoms with E-state index in [1.54, 1.807) is 12.1 Å². The summed E-state index contributed by atoms with van der Waals surface area (Å²) in [5, 5.41) is 7.91. The van der Waals surface area contributed by atoms with Crippen molar-refractivity contribution in [3.8, 4) is 0 Å². The summed E-state index contributed by atoms with van der Waals surface area (Å²) >= 11 is 0. The average Bonchev–Trinajstić information content (AvgIpc) is 3.14. The summed E-state index contributed by atoms with van der Waals surface area (Å²) in [6.07, 6.45) is 6.07. The number of rotatable bonds is 9. The molecule has 30 heavy (non-hydrogen) atoms. The van der Waals surface area contributed by atoms with Gasteiger partial charge in [0.15, 0.2) is 15.8 Å². The van der Waals surface area contributed by atoms with Crippen LogP contribution in [-0.4, -0.2) is 45.3 Å². The minimum absolute atomic E-state index is 0.351. The van der Waals surface area contributed by atoms with E-state index in [-0.39, 0.29) is 0 Å². The number of aromatic nitrogens is 1. The SMILES string of the molecule is CCNC(=NCCCc1c[nH]c2ccccc12)NCCc1ccc(S(C)(=O)=O)cc1. The number of fused-ring (bicyclic) bond motifs is 1. The Balaban J connectivity index is 1.47. The Morgan fingerprint density at radius 1 is 1.03 bits per heavy atom. The fraction of sp³-hybridized carbons (Fsp3) is 0.348. The number of H-pyrrole nitrogens is 1. The second-order valence-corrected chi connectivity index (χ2v) is 9.33. The van der Waals surface area contributed by atoms with Crippen LogP contribution in [-0.2, 0) is 22.7 Å². The quantitative estimate of drug-likeness (QED) is 0.278. The molecule has 1 heterocycles. The Hall–Kier alpha value is -2.80. The van der Waals surface area contributed by atoms with Crippen molar-refractivity contribution < 1.29 is 8.42 Å². The molecule has 0 radical (unpaired) electrons. The van der Waals surface area contributed by atoms with Crippen molar-refractivity contribution >= 4 is 26.7 Å². The number of nitrogens with one attached hydrogen (secondary N) is 3. The monoisotopic (exact) mass is 426 g/mol. The predicted octanol–water partition coefficient (Wildman–Crippen LogP) is 3.30. The average molecular weight is 427 g/mol. The van der Waals surface area contributed by atoms with E-state index < -0.39 is 9.84 Å². The fourth-order valence-electron chi connectivity index (χ4n) is 3.37.